The van der Waals surface area contributed by atoms with Gasteiger partial charge in [-0.15, -0.1) is 0 Å². The van der Waals surface area contributed by atoms with Gasteiger partial charge in [-0.05, 0) is 63.2 Å². The molecule has 2 fully saturated rings. The van der Waals surface area contributed by atoms with Crippen LogP contribution in [0.25, 0.3) is 0 Å². The molecule has 2 aliphatic rings. The van der Waals surface area contributed by atoms with Gasteiger partial charge in [0.25, 0.3) is 0 Å². The summed E-state index contributed by atoms with van der Waals surface area (Å²) in [5.41, 5.74) is 1.66. The van der Waals surface area contributed by atoms with Crippen LogP contribution in [0.5, 0.6) is 5.75 Å². The number of hydrogen-bond donors (Lipinski definition) is 1. The Morgan fingerprint density at radius 1 is 1.33 bits per heavy atom. The zero-order valence-electron chi connectivity index (χ0n) is 13.4. The molecule has 3 heteroatoms. The van der Waals surface area contributed by atoms with E-state index in [0.29, 0.717) is 5.54 Å². The van der Waals surface area contributed by atoms with Crippen molar-refractivity contribution in [3.8, 4) is 5.75 Å². The van der Waals surface area contributed by atoms with Crippen molar-refractivity contribution in [2.24, 2.45) is 5.92 Å². The summed E-state index contributed by atoms with van der Waals surface area (Å²) >= 11 is 0. The van der Waals surface area contributed by atoms with Crippen molar-refractivity contribution in [2.75, 3.05) is 33.3 Å². The number of nitrogens with one attached hydrogen (secondary N) is 1. The van der Waals surface area contributed by atoms with Gasteiger partial charge in [0, 0.05) is 18.6 Å². The molecule has 1 saturated carbocycles. The third kappa shape index (κ3) is 3.58. The number of ether oxygens (including phenoxy) is 1. The van der Waals surface area contributed by atoms with Crippen molar-refractivity contribution < 1.29 is 4.74 Å². The molecule has 1 aliphatic carbocycles. The van der Waals surface area contributed by atoms with Crippen LogP contribution in [0.2, 0.25) is 0 Å². The minimum absolute atomic E-state index is 0.331. The summed E-state index contributed by atoms with van der Waals surface area (Å²) in [6, 6.07) is 8.40. The second-order valence-electron chi connectivity index (χ2n) is 6.81. The molecule has 3 rings (SSSR count). The second kappa shape index (κ2) is 6.37. The van der Waals surface area contributed by atoms with Gasteiger partial charge >= 0.3 is 0 Å². The van der Waals surface area contributed by atoms with E-state index in [2.05, 4.69) is 35.3 Å². The summed E-state index contributed by atoms with van der Waals surface area (Å²) in [4.78, 5) is 2.64. The average molecular weight is 288 g/mol. The van der Waals surface area contributed by atoms with Gasteiger partial charge in [-0.25, -0.2) is 0 Å². The zero-order chi connectivity index (χ0) is 14.7. The van der Waals surface area contributed by atoms with Crippen LogP contribution in [-0.2, 0) is 6.42 Å². The molecule has 1 saturated heterocycles. The molecule has 0 bridgehead atoms. The van der Waals surface area contributed by atoms with Crippen LogP contribution in [-0.4, -0.2) is 43.7 Å². The zero-order valence-corrected chi connectivity index (χ0v) is 13.4. The quantitative estimate of drug-likeness (QED) is 0.901. The highest BCUT2D eigenvalue weighted by atomic mass is 16.5. The van der Waals surface area contributed by atoms with Gasteiger partial charge in [0.05, 0.1) is 7.11 Å². The fourth-order valence-corrected chi connectivity index (χ4v) is 3.65. The Morgan fingerprint density at radius 2 is 2.14 bits per heavy atom. The van der Waals surface area contributed by atoms with Crippen LogP contribution < -0.4 is 10.1 Å². The first-order chi connectivity index (χ1) is 10.2. The molecule has 1 aliphatic heterocycles. The van der Waals surface area contributed by atoms with Crippen molar-refractivity contribution in [1.82, 2.24) is 10.2 Å². The molecule has 21 heavy (non-hydrogen) atoms. The first-order valence-electron chi connectivity index (χ1n) is 8.30. The highest BCUT2D eigenvalue weighted by molar-refractivity contribution is 5.33. The van der Waals surface area contributed by atoms with Gasteiger partial charge in [-0.3, -0.25) is 0 Å². The van der Waals surface area contributed by atoms with Gasteiger partial charge < -0.3 is 15.0 Å². The highest BCUT2D eigenvalue weighted by Crippen LogP contribution is 2.40. The molecule has 1 aromatic carbocycles. The van der Waals surface area contributed by atoms with Crippen molar-refractivity contribution in [1.29, 1.82) is 0 Å². The predicted molar refractivity (Wildman–Crippen MR) is 86.9 cm³/mol. The molecule has 0 radical (unpaired) electrons. The fraction of sp³-hybridized carbons (Fsp3) is 0.667. The molecule has 1 unspecified atom stereocenters. The minimum Gasteiger partial charge on any atom is -0.496 e. The Kier molecular flexibility index (Phi) is 4.51. The summed E-state index contributed by atoms with van der Waals surface area (Å²) in [7, 11) is 1.76. The average Bonchev–Trinajstić information content (AvgIpc) is 3.33. The normalized spacial score (nSPS) is 27.3. The van der Waals surface area contributed by atoms with E-state index < -0.39 is 0 Å². The molecule has 0 aromatic heterocycles. The van der Waals surface area contributed by atoms with Crippen LogP contribution in [0, 0.1) is 5.92 Å². The van der Waals surface area contributed by atoms with E-state index in [1.54, 1.807) is 7.11 Å². The lowest BCUT2D eigenvalue weighted by Crippen LogP contribution is -2.51. The highest BCUT2D eigenvalue weighted by Gasteiger charge is 2.42. The topological polar surface area (TPSA) is 24.5 Å². The van der Waals surface area contributed by atoms with Crippen LogP contribution in [0.1, 0.15) is 31.7 Å². The molecule has 1 aromatic rings. The molecule has 116 valence electrons. The number of para-hydroxylation sites is 1. The van der Waals surface area contributed by atoms with Gasteiger partial charge in [0.2, 0.25) is 0 Å². The second-order valence-corrected chi connectivity index (χ2v) is 6.81. The number of nitrogens with zero attached hydrogens (tertiary/aromatic N) is 1. The Hall–Kier alpha value is -1.06. The Labute approximate surface area is 128 Å². The number of hydrogen-bond acceptors (Lipinski definition) is 3. The van der Waals surface area contributed by atoms with Crippen molar-refractivity contribution in [2.45, 2.75) is 38.1 Å². The monoisotopic (exact) mass is 288 g/mol. The molecule has 0 amide bonds. The summed E-state index contributed by atoms with van der Waals surface area (Å²) in [6.07, 6.45) is 5.15. The SMILES string of the molecule is COc1ccccc1CCN1CCCNC(C)(C2CC2)C1. The summed E-state index contributed by atoms with van der Waals surface area (Å²) < 4.78 is 5.47. The number of methoxy groups -OCH3 is 1. The Bertz CT molecular complexity index is 472. The van der Waals surface area contributed by atoms with Crippen LogP contribution in [0.3, 0.4) is 0 Å². The van der Waals surface area contributed by atoms with E-state index in [1.807, 2.05) is 6.07 Å². The van der Waals surface area contributed by atoms with Gasteiger partial charge in [0.15, 0.2) is 0 Å². The van der Waals surface area contributed by atoms with E-state index in [1.165, 1.54) is 37.9 Å². The van der Waals surface area contributed by atoms with E-state index in [9.17, 15) is 0 Å². The van der Waals surface area contributed by atoms with E-state index in [4.69, 9.17) is 4.74 Å². The fourth-order valence-electron chi connectivity index (χ4n) is 3.65. The largest absolute Gasteiger partial charge is 0.496 e. The maximum absolute atomic E-state index is 5.47. The number of rotatable bonds is 5. The minimum atomic E-state index is 0.331. The first kappa shape index (κ1) is 14.9. The third-order valence-electron chi connectivity index (χ3n) is 5.10. The maximum Gasteiger partial charge on any atom is 0.122 e. The van der Waals surface area contributed by atoms with Crippen molar-refractivity contribution in [3.63, 3.8) is 0 Å². The first-order valence-corrected chi connectivity index (χ1v) is 8.30. The van der Waals surface area contributed by atoms with Crippen LogP contribution in [0.4, 0.5) is 0 Å². The molecule has 1 atom stereocenters. The van der Waals surface area contributed by atoms with Crippen molar-refractivity contribution >= 4 is 0 Å². The lowest BCUT2D eigenvalue weighted by atomic mass is 9.95. The summed E-state index contributed by atoms with van der Waals surface area (Å²) in [5.74, 6) is 1.92. The van der Waals surface area contributed by atoms with Gasteiger partial charge in [-0.2, -0.15) is 0 Å². The smallest absolute Gasteiger partial charge is 0.122 e. The van der Waals surface area contributed by atoms with Crippen molar-refractivity contribution in [3.05, 3.63) is 29.8 Å². The summed E-state index contributed by atoms with van der Waals surface area (Å²) in [6.45, 7) is 7.12. The van der Waals surface area contributed by atoms with E-state index >= 15 is 0 Å². The molecular formula is C18H28N2O. The van der Waals surface area contributed by atoms with Crippen LogP contribution >= 0.6 is 0 Å². The van der Waals surface area contributed by atoms with Gasteiger partial charge in [0.1, 0.15) is 5.75 Å². The predicted octanol–water partition coefficient (Wildman–Crippen LogP) is 2.70. The maximum atomic E-state index is 5.47. The van der Waals surface area contributed by atoms with E-state index in [0.717, 1.165) is 31.2 Å². The molecule has 1 N–H and O–H groups in total. The van der Waals surface area contributed by atoms with E-state index in [-0.39, 0.29) is 0 Å². The van der Waals surface area contributed by atoms with Gasteiger partial charge in [-0.1, -0.05) is 18.2 Å². The standard InChI is InChI=1S/C18H28N2O/c1-18(16-8-9-16)14-20(12-5-11-19-18)13-10-15-6-3-4-7-17(15)21-2/h3-4,6-7,16,19H,5,8-14H2,1-2H3. The molecule has 0 spiro atoms. The third-order valence-corrected chi connectivity index (χ3v) is 5.10. The molecule has 3 nitrogen and oxygen atoms in total. The lowest BCUT2D eigenvalue weighted by molar-refractivity contribution is 0.202. The number of benzene rings is 1. The molecule has 1 heterocycles. The van der Waals surface area contributed by atoms with Crippen LogP contribution in [0.15, 0.2) is 24.3 Å². The lowest BCUT2D eigenvalue weighted by Gasteiger charge is -2.34. The molecular weight excluding hydrogens is 260 g/mol. The Morgan fingerprint density at radius 3 is 2.90 bits per heavy atom. The summed E-state index contributed by atoms with van der Waals surface area (Å²) in [5, 5.41) is 3.80. The Balaban J connectivity index is 1.61.